The number of carbonyl (C=O) groups is 1. The number of halogens is 2. The molecule has 5 nitrogen and oxygen atoms in total. The first-order valence-corrected chi connectivity index (χ1v) is 7.89. The van der Waals surface area contributed by atoms with Gasteiger partial charge in [-0.1, -0.05) is 11.6 Å². The standard InChI is InChI=1S/C17H13ClFN3O2/c1-24-17(23)13-6-7-14-16(20-13)15(9-2-3-9)21-22(14)10-4-5-11(18)12(19)8-10/h4-9H,2-3H2,1H3. The number of methoxy groups -OCH3 is 1. The van der Waals surface area contributed by atoms with Gasteiger partial charge in [0.1, 0.15) is 17.0 Å². The Hall–Kier alpha value is -2.47. The van der Waals surface area contributed by atoms with Crippen molar-refractivity contribution in [2.45, 2.75) is 18.8 Å². The van der Waals surface area contributed by atoms with Gasteiger partial charge in [0.2, 0.25) is 0 Å². The Bertz CT molecular complexity index is 966. The maximum Gasteiger partial charge on any atom is 0.356 e. The summed E-state index contributed by atoms with van der Waals surface area (Å²) in [4.78, 5) is 16.2. The van der Waals surface area contributed by atoms with Crippen LogP contribution in [0.4, 0.5) is 4.39 Å². The third kappa shape index (κ3) is 2.43. The lowest BCUT2D eigenvalue weighted by Gasteiger charge is -2.04. The first-order valence-electron chi connectivity index (χ1n) is 7.52. The van der Waals surface area contributed by atoms with E-state index in [9.17, 15) is 9.18 Å². The number of aromatic nitrogens is 3. The van der Waals surface area contributed by atoms with Gasteiger partial charge in [0.05, 0.1) is 29.0 Å². The average molecular weight is 346 g/mol. The molecule has 1 aliphatic carbocycles. The second kappa shape index (κ2) is 5.56. The summed E-state index contributed by atoms with van der Waals surface area (Å²) in [5.41, 5.74) is 2.98. The molecule has 0 amide bonds. The summed E-state index contributed by atoms with van der Waals surface area (Å²) in [7, 11) is 1.32. The van der Waals surface area contributed by atoms with Crippen LogP contribution in [0.25, 0.3) is 16.7 Å². The van der Waals surface area contributed by atoms with Gasteiger partial charge in [-0.3, -0.25) is 0 Å². The van der Waals surface area contributed by atoms with E-state index < -0.39 is 11.8 Å². The highest BCUT2D eigenvalue weighted by atomic mass is 35.5. The average Bonchev–Trinajstić information content (AvgIpc) is 3.37. The van der Waals surface area contributed by atoms with Crippen LogP contribution < -0.4 is 0 Å². The fourth-order valence-corrected chi connectivity index (χ4v) is 2.80. The van der Waals surface area contributed by atoms with Gasteiger partial charge in [-0.25, -0.2) is 18.9 Å². The van der Waals surface area contributed by atoms with Crippen LogP contribution in [-0.2, 0) is 4.74 Å². The number of nitrogens with zero attached hydrogens (tertiary/aromatic N) is 3. The zero-order chi connectivity index (χ0) is 16.8. The van der Waals surface area contributed by atoms with Gasteiger partial charge in [-0.05, 0) is 37.1 Å². The van der Waals surface area contributed by atoms with Gasteiger partial charge in [-0.15, -0.1) is 0 Å². The van der Waals surface area contributed by atoms with Gasteiger partial charge < -0.3 is 4.74 Å². The molecule has 0 N–H and O–H groups in total. The minimum absolute atomic E-state index is 0.0590. The van der Waals surface area contributed by atoms with Gasteiger partial charge in [-0.2, -0.15) is 5.10 Å². The molecule has 1 saturated carbocycles. The molecule has 2 aromatic heterocycles. The topological polar surface area (TPSA) is 57.0 Å². The first kappa shape index (κ1) is 15.1. The molecule has 0 spiro atoms. The highest BCUT2D eigenvalue weighted by Crippen LogP contribution is 2.42. The van der Waals surface area contributed by atoms with Crippen LogP contribution >= 0.6 is 11.6 Å². The molecule has 0 unspecified atom stereocenters. The zero-order valence-corrected chi connectivity index (χ0v) is 13.5. The van der Waals surface area contributed by atoms with E-state index in [1.165, 1.54) is 19.2 Å². The maximum atomic E-state index is 13.8. The van der Waals surface area contributed by atoms with E-state index in [1.54, 1.807) is 22.9 Å². The predicted octanol–water partition coefficient (Wildman–Crippen LogP) is 3.88. The number of esters is 1. The third-order valence-electron chi connectivity index (χ3n) is 4.06. The van der Waals surface area contributed by atoms with Crippen molar-refractivity contribution < 1.29 is 13.9 Å². The van der Waals surface area contributed by atoms with Crippen molar-refractivity contribution in [1.82, 2.24) is 14.8 Å². The molecule has 0 radical (unpaired) electrons. The van der Waals surface area contributed by atoms with Gasteiger partial charge in [0.15, 0.2) is 0 Å². The Morgan fingerprint density at radius 2 is 2.12 bits per heavy atom. The van der Waals surface area contributed by atoms with Gasteiger partial charge in [0.25, 0.3) is 0 Å². The van der Waals surface area contributed by atoms with Crippen molar-refractivity contribution in [3.05, 3.63) is 52.6 Å². The van der Waals surface area contributed by atoms with Crippen LogP contribution in [-0.4, -0.2) is 27.8 Å². The number of benzene rings is 1. The van der Waals surface area contributed by atoms with Crippen LogP contribution in [0.3, 0.4) is 0 Å². The summed E-state index contributed by atoms with van der Waals surface area (Å²) in [5, 5.41) is 4.67. The van der Waals surface area contributed by atoms with Gasteiger partial charge in [0, 0.05) is 12.0 Å². The molecule has 1 aliphatic rings. The monoisotopic (exact) mass is 345 g/mol. The number of rotatable bonds is 3. The molecular formula is C17H13ClFN3O2. The molecule has 3 aromatic rings. The maximum absolute atomic E-state index is 13.8. The number of ether oxygens (including phenoxy) is 1. The van der Waals surface area contributed by atoms with Crippen molar-refractivity contribution in [3.63, 3.8) is 0 Å². The first-order chi connectivity index (χ1) is 11.6. The Labute approximate surface area is 142 Å². The number of carbonyl (C=O) groups excluding carboxylic acids is 1. The zero-order valence-electron chi connectivity index (χ0n) is 12.8. The lowest BCUT2D eigenvalue weighted by molar-refractivity contribution is 0.0594. The van der Waals surface area contributed by atoms with Crippen LogP contribution in [0.15, 0.2) is 30.3 Å². The Morgan fingerprint density at radius 1 is 1.33 bits per heavy atom. The minimum atomic E-state index is -0.509. The molecule has 24 heavy (non-hydrogen) atoms. The van der Waals surface area contributed by atoms with Crippen LogP contribution in [0, 0.1) is 5.82 Å². The highest BCUT2D eigenvalue weighted by molar-refractivity contribution is 6.30. The van der Waals surface area contributed by atoms with E-state index in [1.807, 2.05) is 0 Å². The molecule has 1 aromatic carbocycles. The van der Waals surface area contributed by atoms with Crippen LogP contribution in [0.5, 0.6) is 0 Å². The summed E-state index contributed by atoms with van der Waals surface area (Å²) in [6.45, 7) is 0. The Kier molecular flexibility index (Phi) is 3.49. The van der Waals surface area contributed by atoms with Crippen LogP contribution in [0.1, 0.15) is 34.9 Å². The highest BCUT2D eigenvalue weighted by Gasteiger charge is 2.30. The minimum Gasteiger partial charge on any atom is -0.464 e. The quantitative estimate of drug-likeness (QED) is 0.676. The fraction of sp³-hybridized carbons (Fsp3) is 0.235. The molecule has 1 fully saturated rings. The van der Waals surface area contributed by atoms with Crippen molar-refractivity contribution >= 4 is 28.6 Å². The van der Waals surface area contributed by atoms with E-state index in [-0.39, 0.29) is 10.7 Å². The van der Waals surface area contributed by atoms with E-state index in [2.05, 4.69) is 10.1 Å². The lowest BCUT2D eigenvalue weighted by atomic mass is 10.2. The second-order valence-corrected chi connectivity index (χ2v) is 6.13. The molecule has 122 valence electrons. The van der Waals surface area contributed by atoms with E-state index in [0.717, 1.165) is 18.5 Å². The lowest BCUT2D eigenvalue weighted by Crippen LogP contribution is -2.04. The second-order valence-electron chi connectivity index (χ2n) is 5.73. The number of fused-ring (bicyclic) bond motifs is 1. The van der Waals surface area contributed by atoms with Crippen molar-refractivity contribution in [2.75, 3.05) is 7.11 Å². The fourth-order valence-electron chi connectivity index (χ4n) is 2.68. The van der Waals surface area contributed by atoms with Gasteiger partial charge >= 0.3 is 5.97 Å². The normalized spacial score (nSPS) is 14.1. The number of pyridine rings is 1. The molecule has 2 heterocycles. The summed E-state index contributed by atoms with van der Waals surface area (Å²) in [6.07, 6.45) is 2.07. The molecule has 4 rings (SSSR count). The van der Waals surface area contributed by atoms with Crippen molar-refractivity contribution in [2.24, 2.45) is 0 Å². The van der Waals surface area contributed by atoms with Crippen molar-refractivity contribution in [1.29, 1.82) is 0 Å². The molecular weight excluding hydrogens is 333 g/mol. The smallest absolute Gasteiger partial charge is 0.356 e. The summed E-state index contributed by atoms with van der Waals surface area (Å²) >= 11 is 5.76. The molecule has 7 heteroatoms. The third-order valence-corrected chi connectivity index (χ3v) is 4.37. The van der Waals surface area contributed by atoms with Crippen LogP contribution in [0.2, 0.25) is 5.02 Å². The summed E-state index contributed by atoms with van der Waals surface area (Å²) < 4.78 is 20.2. The predicted molar refractivity (Wildman–Crippen MR) is 87.1 cm³/mol. The molecule has 0 saturated heterocycles. The summed E-state index contributed by atoms with van der Waals surface area (Å²) in [5.74, 6) is -0.680. The number of hydrogen-bond acceptors (Lipinski definition) is 4. The van der Waals surface area contributed by atoms with Crippen molar-refractivity contribution in [3.8, 4) is 5.69 Å². The molecule has 0 aliphatic heterocycles. The van der Waals surface area contributed by atoms with E-state index >= 15 is 0 Å². The molecule has 0 bridgehead atoms. The Morgan fingerprint density at radius 3 is 2.79 bits per heavy atom. The Balaban J connectivity index is 1.93. The van der Waals surface area contributed by atoms with E-state index in [0.29, 0.717) is 22.6 Å². The SMILES string of the molecule is COC(=O)c1ccc2c(n1)c(C1CC1)nn2-c1ccc(Cl)c(F)c1. The largest absolute Gasteiger partial charge is 0.464 e. The molecule has 0 atom stereocenters. The number of hydrogen-bond donors (Lipinski definition) is 0. The van der Waals surface area contributed by atoms with E-state index in [4.69, 9.17) is 16.3 Å². The summed E-state index contributed by atoms with van der Waals surface area (Å²) in [6, 6.07) is 7.85.